The van der Waals surface area contributed by atoms with E-state index in [0.29, 0.717) is 18.9 Å². The number of likely N-dealkylation sites (N-methyl/N-ethyl adjacent to an activating group) is 1. The second kappa shape index (κ2) is 7.75. The second-order valence-corrected chi connectivity index (χ2v) is 4.75. The van der Waals surface area contributed by atoms with Crippen LogP contribution in [-0.2, 0) is 11.3 Å². The van der Waals surface area contributed by atoms with Gasteiger partial charge in [0.05, 0.1) is 19.8 Å². The first-order valence-electron chi connectivity index (χ1n) is 6.73. The number of nitrogens with one attached hydrogen (secondary N) is 1. The average Bonchev–Trinajstić information content (AvgIpc) is 2.45. The molecule has 5 nitrogen and oxygen atoms in total. The maximum atomic E-state index is 11.7. The lowest BCUT2D eigenvalue weighted by Gasteiger charge is -2.18. The van der Waals surface area contributed by atoms with Crippen LogP contribution in [0.5, 0.6) is 11.5 Å². The van der Waals surface area contributed by atoms with E-state index in [9.17, 15) is 4.79 Å². The number of carbonyl (C=O) groups excluding carboxylic acids is 1. The van der Waals surface area contributed by atoms with Gasteiger partial charge in [-0.05, 0) is 31.5 Å². The fourth-order valence-electron chi connectivity index (χ4n) is 1.84. The van der Waals surface area contributed by atoms with E-state index < -0.39 is 0 Å². The van der Waals surface area contributed by atoms with Crippen molar-refractivity contribution < 1.29 is 14.3 Å². The van der Waals surface area contributed by atoms with Gasteiger partial charge in [-0.3, -0.25) is 4.79 Å². The third kappa shape index (κ3) is 4.42. The van der Waals surface area contributed by atoms with E-state index in [1.807, 2.05) is 32.0 Å². The third-order valence-corrected chi connectivity index (χ3v) is 2.95. The molecule has 1 aromatic rings. The monoisotopic (exact) mass is 280 g/mol. The fraction of sp³-hybridized carbons (Fsp3) is 0.533. The van der Waals surface area contributed by atoms with Crippen LogP contribution in [0.4, 0.5) is 0 Å². The van der Waals surface area contributed by atoms with Gasteiger partial charge in [0.1, 0.15) is 0 Å². The van der Waals surface area contributed by atoms with Crippen molar-refractivity contribution in [1.82, 2.24) is 10.2 Å². The Labute approximate surface area is 120 Å². The number of methoxy groups -OCH3 is 1. The minimum atomic E-state index is -0.220. The van der Waals surface area contributed by atoms with E-state index >= 15 is 0 Å². The first kappa shape index (κ1) is 16.3. The molecule has 0 bridgehead atoms. The molecule has 0 fully saturated rings. The smallest absolute Gasteiger partial charge is 0.238 e. The molecule has 1 atom stereocenters. The molecule has 0 heterocycles. The number of amides is 1. The number of rotatable bonds is 7. The summed E-state index contributed by atoms with van der Waals surface area (Å²) in [5, 5.41) is 3.20. The van der Waals surface area contributed by atoms with Gasteiger partial charge in [0.25, 0.3) is 0 Å². The third-order valence-electron chi connectivity index (χ3n) is 2.95. The zero-order valence-electron chi connectivity index (χ0n) is 12.9. The predicted octanol–water partition coefficient (Wildman–Crippen LogP) is 1.66. The van der Waals surface area contributed by atoms with Crippen molar-refractivity contribution in [2.24, 2.45) is 0 Å². The summed E-state index contributed by atoms with van der Waals surface area (Å²) >= 11 is 0. The molecule has 20 heavy (non-hydrogen) atoms. The summed E-state index contributed by atoms with van der Waals surface area (Å²) in [6, 6.07) is 5.55. The number of benzene rings is 1. The summed E-state index contributed by atoms with van der Waals surface area (Å²) in [4.78, 5) is 13.3. The normalized spacial score (nSPS) is 11.8. The SMILES string of the molecule is CCOc1ccc(CNC(C)C(=O)N(C)C)cc1OC. The Morgan fingerprint density at radius 3 is 2.60 bits per heavy atom. The standard InChI is InChI=1S/C15H24N2O3/c1-6-20-13-8-7-12(9-14(13)19-5)10-16-11(2)15(18)17(3)4/h7-9,11,16H,6,10H2,1-5H3. The Balaban J connectivity index is 2.67. The minimum absolute atomic E-state index is 0.0582. The zero-order valence-corrected chi connectivity index (χ0v) is 12.9. The summed E-state index contributed by atoms with van der Waals surface area (Å²) in [5.41, 5.74) is 1.05. The Hall–Kier alpha value is -1.75. The van der Waals surface area contributed by atoms with Crippen LogP contribution in [0.15, 0.2) is 18.2 Å². The van der Waals surface area contributed by atoms with Crippen molar-refractivity contribution in [3.63, 3.8) is 0 Å². The molecule has 0 radical (unpaired) electrons. The van der Waals surface area contributed by atoms with Crippen LogP contribution in [0, 0.1) is 0 Å². The maximum Gasteiger partial charge on any atom is 0.238 e. The number of hydrogen-bond acceptors (Lipinski definition) is 4. The van der Waals surface area contributed by atoms with Crippen molar-refractivity contribution in [1.29, 1.82) is 0 Å². The van der Waals surface area contributed by atoms with Crippen LogP contribution in [0.2, 0.25) is 0 Å². The Kier molecular flexibility index (Phi) is 6.31. The molecular formula is C15H24N2O3. The fourth-order valence-corrected chi connectivity index (χ4v) is 1.84. The molecule has 112 valence electrons. The molecule has 1 aromatic carbocycles. The van der Waals surface area contributed by atoms with Crippen LogP contribution in [0.1, 0.15) is 19.4 Å². The van der Waals surface area contributed by atoms with E-state index in [1.165, 1.54) is 0 Å². The zero-order chi connectivity index (χ0) is 15.1. The summed E-state index contributed by atoms with van der Waals surface area (Å²) < 4.78 is 10.8. The summed E-state index contributed by atoms with van der Waals surface area (Å²) in [7, 11) is 5.12. The number of hydrogen-bond donors (Lipinski definition) is 1. The minimum Gasteiger partial charge on any atom is -0.493 e. The molecule has 1 rings (SSSR count). The summed E-state index contributed by atoms with van der Waals surface area (Å²) in [6.45, 7) is 4.99. The van der Waals surface area contributed by atoms with Gasteiger partial charge >= 0.3 is 0 Å². The number of ether oxygens (including phenoxy) is 2. The predicted molar refractivity (Wildman–Crippen MR) is 79.2 cm³/mol. The second-order valence-electron chi connectivity index (χ2n) is 4.75. The highest BCUT2D eigenvalue weighted by molar-refractivity contribution is 5.80. The molecule has 0 saturated heterocycles. The highest BCUT2D eigenvalue weighted by Crippen LogP contribution is 2.27. The quantitative estimate of drug-likeness (QED) is 0.825. The molecule has 0 aliphatic rings. The summed E-state index contributed by atoms with van der Waals surface area (Å²) in [6.07, 6.45) is 0. The average molecular weight is 280 g/mol. The molecule has 1 unspecified atom stereocenters. The lowest BCUT2D eigenvalue weighted by Crippen LogP contribution is -2.41. The number of nitrogens with zero attached hydrogens (tertiary/aromatic N) is 1. The first-order valence-corrected chi connectivity index (χ1v) is 6.73. The Bertz CT molecular complexity index is 447. The highest BCUT2D eigenvalue weighted by Gasteiger charge is 2.14. The molecule has 5 heteroatoms. The molecule has 0 aromatic heterocycles. The summed E-state index contributed by atoms with van der Waals surface area (Å²) in [5.74, 6) is 1.50. The Morgan fingerprint density at radius 1 is 1.35 bits per heavy atom. The molecule has 0 aliphatic carbocycles. The Morgan fingerprint density at radius 2 is 2.05 bits per heavy atom. The molecular weight excluding hydrogens is 256 g/mol. The van der Waals surface area contributed by atoms with Crippen molar-refractivity contribution >= 4 is 5.91 Å². The first-order chi connectivity index (χ1) is 9.49. The lowest BCUT2D eigenvalue weighted by atomic mass is 10.2. The van der Waals surface area contributed by atoms with E-state index in [1.54, 1.807) is 26.1 Å². The van der Waals surface area contributed by atoms with Crippen LogP contribution in [0.25, 0.3) is 0 Å². The van der Waals surface area contributed by atoms with E-state index in [2.05, 4.69) is 5.32 Å². The van der Waals surface area contributed by atoms with Crippen molar-refractivity contribution in [2.45, 2.75) is 26.4 Å². The van der Waals surface area contributed by atoms with Gasteiger partial charge in [-0.25, -0.2) is 0 Å². The largest absolute Gasteiger partial charge is 0.493 e. The van der Waals surface area contributed by atoms with Gasteiger partial charge in [-0.1, -0.05) is 6.07 Å². The molecule has 0 spiro atoms. The molecule has 0 aliphatic heterocycles. The van der Waals surface area contributed by atoms with Gasteiger partial charge < -0.3 is 19.7 Å². The van der Waals surface area contributed by atoms with Crippen molar-refractivity contribution in [3.8, 4) is 11.5 Å². The topological polar surface area (TPSA) is 50.8 Å². The molecule has 0 saturated carbocycles. The van der Waals surface area contributed by atoms with Crippen molar-refractivity contribution in [3.05, 3.63) is 23.8 Å². The van der Waals surface area contributed by atoms with Crippen LogP contribution < -0.4 is 14.8 Å². The maximum absolute atomic E-state index is 11.7. The van der Waals surface area contributed by atoms with E-state index in [-0.39, 0.29) is 11.9 Å². The van der Waals surface area contributed by atoms with Crippen LogP contribution in [0.3, 0.4) is 0 Å². The molecule has 1 amide bonds. The van der Waals surface area contributed by atoms with Crippen LogP contribution >= 0.6 is 0 Å². The van der Waals surface area contributed by atoms with Gasteiger partial charge in [0, 0.05) is 20.6 Å². The lowest BCUT2D eigenvalue weighted by molar-refractivity contribution is -0.130. The van der Waals surface area contributed by atoms with Gasteiger partial charge in [-0.15, -0.1) is 0 Å². The van der Waals surface area contributed by atoms with E-state index in [0.717, 1.165) is 11.3 Å². The van der Waals surface area contributed by atoms with Gasteiger partial charge in [-0.2, -0.15) is 0 Å². The van der Waals surface area contributed by atoms with Crippen molar-refractivity contribution in [2.75, 3.05) is 27.8 Å². The number of carbonyl (C=O) groups is 1. The van der Waals surface area contributed by atoms with E-state index in [4.69, 9.17) is 9.47 Å². The highest BCUT2D eigenvalue weighted by atomic mass is 16.5. The van der Waals surface area contributed by atoms with Crippen LogP contribution in [-0.4, -0.2) is 44.7 Å². The van der Waals surface area contributed by atoms with Gasteiger partial charge in [0.2, 0.25) is 5.91 Å². The molecule has 1 N–H and O–H groups in total. The van der Waals surface area contributed by atoms with Gasteiger partial charge in [0.15, 0.2) is 11.5 Å².